The van der Waals surface area contributed by atoms with E-state index in [0.717, 1.165) is 6.42 Å². The molecule has 2 unspecified atom stereocenters. The Bertz CT molecular complexity index is 312. The average Bonchev–Trinajstić information content (AvgIpc) is 2.83. The molecule has 0 aromatic carbocycles. The summed E-state index contributed by atoms with van der Waals surface area (Å²) in [6.45, 7) is 5.10. The number of aliphatic carboxylic acids is 1. The normalized spacial score (nSPS) is 22.8. The number of nitrogens with zero attached hydrogens (tertiary/aromatic N) is 1. The first kappa shape index (κ1) is 15.0. The van der Waals surface area contributed by atoms with Crippen LogP contribution in [0.15, 0.2) is 0 Å². The Morgan fingerprint density at radius 2 is 2.17 bits per heavy atom. The molecular weight excluding hydrogens is 234 g/mol. The molecule has 1 fully saturated rings. The lowest BCUT2D eigenvalue weighted by Crippen LogP contribution is -2.47. The number of methoxy groups -OCH3 is 1. The number of ether oxygens (including phenoxy) is 1. The smallest absolute Gasteiger partial charge is 0.303 e. The molecule has 1 rings (SSSR count). The Balaban J connectivity index is 2.51. The molecule has 1 amide bonds. The van der Waals surface area contributed by atoms with Gasteiger partial charge in [0.05, 0.1) is 0 Å². The lowest BCUT2D eigenvalue weighted by Gasteiger charge is -2.30. The molecular formula is C13H23NO4. The minimum absolute atomic E-state index is 0.0188. The second-order valence-corrected chi connectivity index (χ2v) is 5.13. The van der Waals surface area contributed by atoms with Crippen LogP contribution in [-0.4, -0.2) is 47.7 Å². The third-order valence-corrected chi connectivity index (χ3v) is 3.92. The summed E-state index contributed by atoms with van der Waals surface area (Å²) < 4.78 is 5.31. The second kappa shape index (κ2) is 6.18. The number of rotatable bonds is 6. The minimum Gasteiger partial charge on any atom is -0.481 e. The number of carboxylic acids is 1. The van der Waals surface area contributed by atoms with Crippen LogP contribution in [0.25, 0.3) is 0 Å². The summed E-state index contributed by atoms with van der Waals surface area (Å²) in [5.74, 6) is -0.441. The molecule has 1 aliphatic heterocycles. The van der Waals surface area contributed by atoms with Gasteiger partial charge < -0.3 is 14.7 Å². The quantitative estimate of drug-likeness (QED) is 0.783. The highest BCUT2D eigenvalue weighted by molar-refractivity contribution is 5.85. The van der Waals surface area contributed by atoms with E-state index in [1.807, 2.05) is 6.92 Å². The maximum absolute atomic E-state index is 12.3. The van der Waals surface area contributed by atoms with Crippen molar-refractivity contribution < 1.29 is 19.4 Å². The van der Waals surface area contributed by atoms with Crippen LogP contribution < -0.4 is 0 Å². The summed E-state index contributed by atoms with van der Waals surface area (Å²) in [6, 6.07) is 0. The molecule has 1 heterocycles. The van der Waals surface area contributed by atoms with Gasteiger partial charge in [-0.15, -0.1) is 0 Å². The Labute approximate surface area is 108 Å². The third kappa shape index (κ3) is 3.45. The molecule has 0 aromatic heterocycles. The number of hydrogen-bond acceptors (Lipinski definition) is 3. The number of carbonyl (C=O) groups excluding carboxylic acids is 1. The Hall–Kier alpha value is -1.10. The van der Waals surface area contributed by atoms with Gasteiger partial charge in [-0.2, -0.15) is 0 Å². The van der Waals surface area contributed by atoms with E-state index in [1.165, 1.54) is 0 Å². The molecule has 1 saturated heterocycles. The lowest BCUT2D eigenvalue weighted by molar-refractivity contribution is -0.152. The number of likely N-dealkylation sites (tertiary alicyclic amines) is 1. The number of carboxylic acid groups (broad SMARTS) is 1. The molecule has 1 aliphatic rings. The van der Waals surface area contributed by atoms with Crippen LogP contribution >= 0.6 is 0 Å². The predicted molar refractivity (Wildman–Crippen MR) is 67.3 cm³/mol. The van der Waals surface area contributed by atoms with Crippen molar-refractivity contribution in [1.82, 2.24) is 4.90 Å². The van der Waals surface area contributed by atoms with Gasteiger partial charge >= 0.3 is 5.97 Å². The van der Waals surface area contributed by atoms with E-state index in [9.17, 15) is 9.59 Å². The van der Waals surface area contributed by atoms with E-state index in [4.69, 9.17) is 9.84 Å². The lowest BCUT2D eigenvalue weighted by atomic mass is 10.0. The van der Waals surface area contributed by atoms with Crippen molar-refractivity contribution in [2.75, 3.05) is 20.2 Å². The molecule has 0 aromatic rings. The average molecular weight is 257 g/mol. The number of hydrogen-bond donors (Lipinski definition) is 1. The molecule has 5 nitrogen and oxygen atoms in total. The predicted octanol–water partition coefficient (Wildman–Crippen LogP) is 1.51. The Morgan fingerprint density at radius 1 is 1.50 bits per heavy atom. The van der Waals surface area contributed by atoms with Crippen LogP contribution in [0.1, 0.15) is 39.5 Å². The van der Waals surface area contributed by atoms with Gasteiger partial charge in [-0.05, 0) is 32.1 Å². The van der Waals surface area contributed by atoms with Gasteiger partial charge in [0.2, 0.25) is 0 Å². The Morgan fingerprint density at radius 3 is 2.67 bits per heavy atom. The van der Waals surface area contributed by atoms with Crippen molar-refractivity contribution in [3.8, 4) is 0 Å². The molecule has 0 spiro atoms. The van der Waals surface area contributed by atoms with Gasteiger partial charge in [-0.1, -0.05) is 6.92 Å². The van der Waals surface area contributed by atoms with Crippen molar-refractivity contribution in [3.05, 3.63) is 0 Å². The fourth-order valence-electron chi connectivity index (χ4n) is 2.30. The van der Waals surface area contributed by atoms with E-state index in [-0.39, 0.29) is 12.3 Å². The summed E-state index contributed by atoms with van der Waals surface area (Å²) in [5.41, 5.74) is -0.748. The number of amides is 1. The second-order valence-electron chi connectivity index (χ2n) is 5.13. The summed E-state index contributed by atoms with van der Waals surface area (Å²) in [7, 11) is 1.55. The van der Waals surface area contributed by atoms with Gasteiger partial charge in [-0.3, -0.25) is 9.59 Å². The van der Waals surface area contributed by atoms with E-state index in [0.29, 0.717) is 31.8 Å². The van der Waals surface area contributed by atoms with E-state index in [2.05, 4.69) is 0 Å². The van der Waals surface area contributed by atoms with Crippen molar-refractivity contribution >= 4 is 11.9 Å². The van der Waals surface area contributed by atoms with Crippen molar-refractivity contribution in [1.29, 1.82) is 0 Å². The molecule has 0 aliphatic carbocycles. The van der Waals surface area contributed by atoms with Gasteiger partial charge in [0.25, 0.3) is 5.91 Å². The van der Waals surface area contributed by atoms with Crippen molar-refractivity contribution in [2.24, 2.45) is 5.92 Å². The first-order valence-electron chi connectivity index (χ1n) is 6.49. The van der Waals surface area contributed by atoms with Gasteiger partial charge in [0.15, 0.2) is 0 Å². The highest BCUT2D eigenvalue weighted by Gasteiger charge is 2.38. The summed E-state index contributed by atoms with van der Waals surface area (Å²) in [6.07, 6.45) is 2.36. The standard InChI is InChI=1S/C13H23NO4/c1-4-13(2,18-3)12(17)14-8-7-10(9-14)5-6-11(15)16/h10H,4-9H2,1-3H3,(H,15,16). The van der Waals surface area contributed by atoms with Gasteiger partial charge in [0.1, 0.15) is 5.60 Å². The summed E-state index contributed by atoms with van der Waals surface area (Å²) in [5, 5.41) is 8.65. The molecule has 0 saturated carbocycles. The summed E-state index contributed by atoms with van der Waals surface area (Å²) >= 11 is 0. The van der Waals surface area contributed by atoms with Crippen molar-refractivity contribution in [3.63, 3.8) is 0 Å². The fraction of sp³-hybridized carbons (Fsp3) is 0.846. The molecule has 1 N–H and O–H groups in total. The fourth-order valence-corrected chi connectivity index (χ4v) is 2.30. The van der Waals surface area contributed by atoms with Gasteiger partial charge in [0, 0.05) is 26.6 Å². The Kier molecular flexibility index (Phi) is 5.14. The highest BCUT2D eigenvalue weighted by atomic mass is 16.5. The van der Waals surface area contributed by atoms with Crippen LogP contribution in [0.2, 0.25) is 0 Å². The molecule has 5 heteroatoms. The molecule has 2 atom stereocenters. The van der Waals surface area contributed by atoms with Crippen molar-refractivity contribution in [2.45, 2.75) is 45.1 Å². The molecule has 18 heavy (non-hydrogen) atoms. The van der Waals surface area contributed by atoms with E-state index < -0.39 is 11.6 Å². The third-order valence-electron chi connectivity index (χ3n) is 3.92. The molecule has 0 radical (unpaired) electrons. The minimum atomic E-state index is -0.768. The molecule has 104 valence electrons. The largest absolute Gasteiger partial charge is 0.481 e. The zero-order chi connectivity index (χ0) is 13.8. The van der Waals surface area contributed by atoms with Crippen LogP contribution in [0.4, 0.5) is 0 Å². The maximum atomic E-state index is 12.3. The van der Waals surface area contributed by atoms with Crippen LogP contribution in [0, 0.1) is 5.92 Å². The van der Waals surface area contributed by atoms with Gasteiger partial charge in [-0.25, -0.2) is 0 Å². The topological polar surface area (TPSA) is 66.8 Å². The zero-order valence-corrected chi connectivity index (χ0v) is 11.4. The first-order chi connectivity index (χ1) is 8.42. The number of carbonyl (C=O) groups is 2. The van der Waals surface area contributed by atoms with E-state index in [1.54, 1.807) is 18.9 Å². The zero-order valence-electron chi connectivity index (χ0n) is 11.4. The van der Waals surface area contributed by atoms with Crippen LogP contribution in [-0.2, 0) is 14.3 Å². The highest BCUT2D eigenvalue weighted by Crippen LogP contribution is 2.26. The van der Waals surface area contributed by atoms with E-state index >= 15 is 0 Å². The summed E-state index contributed by atoms with van der Waals surface area (Å²) in [4.78, 5) is 24.6. The van der Waals surface area contributed by atoms with Crippen LogP contribution in [0.5, 0.6) is 0 Å². The maximum Gasteiger partial charge on any atom is 0.303 e. The van der Waals surface area contributed by atoms with Crippen LogP contribution in [0.3, 0.4) is 0 Å². The SMILES string of the molecule is CCC(C)(OC)C(=O)N1CCC(CCC(=O)O)C1. The monoisotopic (exact) mass is 257 g/mol. The molecule has 0 bridgehead atoms. The first-order valence-corrected chi connectivity index (χ1v) is 6.49.